The average Bonchev–Trinajstić information content (AvgIpc) is 2.79. The van der Waals surface area contributed by atoms with Gasteiger partial charge in [-0.05, 0) is 37.3 Å². The third-order valence-electron chi connectivity index (χ3n) is 5.35. The Bertz CT molecular complexity index is 1010. The predicted octanol–water partition coefficient (Wildman–Crippen LogP) is 2.17. The number of nitrogens with zero attached hydrogens (tertiary/aromatic N) is 2. The molecule has 0 bridgehead atoms. The SMILES string of the molecule is COc1ccc(C(=O)NCCN2CCN(S(=O)(=O)c3ccc(C)cc3)CC2)cc1OC.Cl. The molecule has 1 saturated heterocycles. The van der Waals surface area contributed by atoms with Gasteiger partial charge in [0.15, 0.2) is 11.5 Å². The van der Waals surface area contributed by atoms with Crippen LogP contribution in [0.25, 0.3) is 0 Å². The van der Waals surface area contributed by atoms with E-state index < -0.39 is 10.0 Å². The zero-order valence-corrected chi connectivity index (χ0v) is 20.2. The summed E-state index contributed by atoms with van der Waals surface area (Å²) in [7, 11) is -0.399. The van der Waals surface area contributed by atoms with Crippen LogP contribution in [0, 0.1) is 6.92 Å². The van der Waals surface area contributed by atoms with Crippen LogP contribution >= 0.6 is 12.4 Å². The van der Waals surface area contributed by atoms with Crippen LogP contribution in [0.15, 0.2) is 47.4 Å². The Kier molecular flexibility index (Phi) is 9.33. The molecule has 0 spiro atoms. The number of hydrogen-bond acceptors (Lipinski definition) is 6. The van der Waals surface area contributed by atoms with Crippen LogP contribution in [0.1, 0.15) is 15.9 Å². The lowest BCUT2D eigenvalue weighted by Gasteiger charge is -2.34. The number of piperazine rings is 1. The number of carbonyl (C=O) groups is 1. The topological polar surface area (TPSA) is 88.2 Å². The lowest BCUT2D eigenvalue weighted by molar-refractivity contribution is 0.0944. The van der Waals surface area contributed by atoms with Crippen molar-refractivity contribution in [2.45, 2.75) is 11.8 Å². The molecule has 32 heavy (non-hydrogen) atoms. The van der Waals surface area contributed by atoms with Crippen molar-refractivity contribution in [3.05, 3.63) is 53.6 Å². The van der Waals surface area contributed by atoms with Gasteiger partial charge in [0.05, 0.1) is 19.1 Å². The van der Waals surface area contributed by atoms with Gasteiger partial charge in [0.2, 0.25) is 10.0 Å². The number of amides is 1. The normalized spacial score (nSPS) is 15.0. The monoisotopic (exact) mass is 483 g/mol. The summed E-state index contributed by atoms with van der Waals surface area (Å²) in [4.78, 5) is 14.9. The molecule has 1 aliphatic rings. The molecule has 2 aromatic carbocycles. The molecule has 0 saturated carbocycles. The summed E-state index contributed by atoms with van der Waals surface area (Å²) in [6.07, 6.45) is 0. The van der Waals surface area contributed by atoms with Gasteiger partial charge in [0.25, 0.3) is 5.91 Å². The fourth-order valence-corrected chi connectivity index (χ4v) is 4.88. The number of halogens is 1. The van der Waals surface area contributed by atoms with Crippen LogP contribution in [0.3, 0.4) is 0 Å². The molecular weight excluding hydrogens is 454 g/mol. The maximum Gasteiger partial charge on any atom is 0.251 e. The number of nitrogens with one attached hydrogen (secondary N) is 1. The number of benzene rings is 2. The summed E-state index contributed by atoms with van der Waals surface area (Å²) >= 11 is 0. The minimum Gasteiger partial charge on any atom is -0.493 e. The number of aryl methyl sites for hydroxylation is 1. The van der Waals surface area contributed by atoms with Crippen molar-refractivity contribution in [3.63, 3.8) is 0 Å². The highest BCUT2D eigenvalue weighted by Gasteiger charge is 2.28. The van der Waals surface area contributed by atoms with Gasteiger partial charge in [-0.15, -0.1) is 12.4 Å². The summed E-state index contributed by atoms with van der Waals surface area (Å²) in [5.41, 5.74) is 1.52. The highest BCUT2D eigenvalue weighted by molar-refractivity contribution is 7.89. The molecule has 176 valence electrons. The minimum absolute atomic E-state index is 0. The van der Waals surface area contributed by atoms with E-state index in [2.05, 4.69) is 10.2 Å². The Morgan fingerprint density at radius 3 is 2.19 bits per heavy atom. The molecule has 0 aliphatic carbocycles. The van der Waals surface area contributed by atoms with Crippen LogP contribution in [0.4, 0.5) is 0 Å². The Hall–Kier alpha value is -2.33. The maximum atomic E-state index is 12.8. The van der Waals surface area contributed by atoms with E-state index in [0.717, 1.165) is 5.56 Å². The van der Waals surface area contributed by atoms with Crippen molar-refractivity contribution in [1.29, 1.82) is 0 Å². The van der Waals surface area contributed by atoms with Gasteiger partial charge in [-0.25, -0.2) is 8.42 Å². The first-order valence-electron chi connectivity index (χ1n) is 10.1. The number of methoxy groups -OCH3 is 2. The molecule has 1 heterocycles. The molecule has 1 fully saturated rings. The first kappa shape index (κ1) is 25.9. The maximum absolute atomic E-state index is 12.8. The van der Waals surface area contributed by atoms with E-state index in [4.69, 9.17) is 9.47 Å². The van der Waals surface area contributed by atoms with E-state index in [0.29, 0.717) is 61.2 Å². The molecule has 3 rings (SSSR count). The summed E-state index contributed by atoms with van der Waals surface area (Å²) in [5, 5.41) is 2.90. The molecule has 0 unspecified atom stereocenters. The second-order valence-corrected chi connectivity index (χ2v) is 9.32. The van der Waals surface area contributed by atoms with Crippen molar-refractivity contribution in [2.75, 3.05) is 53.5 Å². The summed E-state index contributed by atoms with van der Waals surface area (Å²) < 4.78 is 37.5. The van der Waals surface area contributed by atoms with Gasteiger partial charge in [-0.1, -0.05) is 17.7 Å². The zero-order chi connectivity index (χ0) is 22.4. The predicted molar refractivity (Wildman–Crippen MR) is 126 cm³/mol. The van der Waals surface area contributed by atoms with Gasteiger partial charge in [0, 0.05) is 44.8 Å². The molecule has 1 aliphatic heterocycles. The lowest BCUT2D eigenvalue weighted by atomic mass is 10.2. The molecule has 8 nitrogen and oxygen atoms in total. The number of sulfonamides is 1. The highest BCUT2D eigenvalue weighted by atomic mass is 35.5. The fourth-order valence-electron chi connectivity index (χ4n) is 3.46. The second kappa shape index (κ2) is 11.5. The molecule has 1 N–H and O–H groups in total. The average molecular weight is 484 g/mol. The van der Waals surface area contributed by atoms with Gasteiger partial charge in [0.1, 0.15) is 0 Å². The molecule has 0 aromatic heterocycles. The third-order valence-corrected chi connectivity index (χ3v) is 7.26. The Labute approximate surface area is 196 Å². The van der Waals surface area contributed by atoms with Crippen molar-refractivity contribution >= 4 is 28.3 Å². The number of ether oxygens (including phenoxy) is 2. The third kappa shape index (κ3) is 6.13. The summed E-state index contributed by atoms with van der Waals surface area (Å²) in [5.74, 6) is 0.875. The molecule has 2 aromatic rings. The van der Waals surface area contributed by atoms with Crippen molar-refractivity contribution in [2.24, 2.45) is 0 Å². The quantitative estimate of drug-likeness (QED) is 0.619. The van der Waals surface area contributed by atoms with Crippen molar-refractivity contribution in [1.82, 2.24) is 14.5 Å². The molecule has 1 amide bonds. The van der Waals surface area contributed by atoms with E-state index in [1.807, 2.05) is 19.1 Å². The largest absolute Gasteiger partial charge is 0.493 e. The molecule has 0 radical (unpaired) electrons. The van der Waals surface area contributed by atoms with E-state index in [1.165, 1.54) is 11.4 Å². The lowest BCUT2D eigenvalue weighted by Crippen LogP contribution is -2.50. The first-order chi connectivity index (χ1) is 14.8. The van der Waals surface area contributed by atoms with E-state index >= 15 is 0 Å². The zero-order valence-electron chi connectivity index (χ0n) is 18.5. The van der Waals surface area contributed by atoms with Gasteiger partial charge in [-0.3, -0.25) is 9.69 Å². The van der Waals surface area contributed by atoms with Crippen molar-refractivity contribution < 1.29 is 22.7 Å². The van der Waals surface area contributed by atoms with Crippen LogP contribution < -0.4 is 14.8 Å². The Balaban J connectivity index is 0.00000363. The number of hydrogen-bond donors (Lipinski definition) is 1. The Morgan fingerprint density at radius 1 is 0.969 bits per heavy atom. The summed E-state index contributed by atoms with van der Waals surface area (Å²) in [6.45, 7) is 5.16. The fraction of sp³-hybridized carbons (Fsp3) is 0.409. The highest BCUT2D eigenvalue weighted by Crippen LogP contribution is 2.27. The van der Waals surface area contributed by atoms with Gasteiger partial charge >= 0.3 is 0 Å². The second-order valence-electron chi connectivity index (χ2n) is 7.38. The van der Waals surface area contributed by atoms with Crippen LogP contribution in [-0.4, -0.2) is 77.0 Å². The van der Waals surface area contributed by atoms with Crippen LogP contribution in [-0.2, 0) is 10.0 Å². The molecular formula is C22H30ClN3O5S. The smallest absolute Gasteiger partial charge is 0.251 e. The van der Waals surface area contributed by atoms with Crippen LogP contribution in [0.2, 0.25) is 0 Å². The van der Waals surface area contributed by atoms with E-state index in [1.54, 1.807) is 37.4 Å². The van der Waals surface area contributed by atoms with Gasteiger partial charge < -0.3 is 14.8 Å². The van der Waals surface area contributed by atoms with E-state index in [-0.39, 0.29) is 18.3 Å². The Morgan fingerprint density at radius 2 is 1.59 bits per heavy atom. The van der Waals surface area contributed by atoms with Crippen molar-refractivity contribution in [3.8, 4) is 11.5 Å². The number of carbonyl (C=O) groups excluding carboxylic acids is 1. The standard InChI is InChI=1S/C22H29N3O5S.ClH/c1-17-4-7-19(8-5-17)31(27,28)25-14-12-24(13-15-25)11-10-23-22(26)18-6-9-20(29-2)21(16-18)30-3;/h4-9,16H,10-15H2,1-3H3,(H,23,26);1H. The van der Waals surface area contributed by atoms with Crippen LogP contribution in [0.5, 0.6) is 11.5 Å². The van der Waals surface area contributed by atoms with E-state index in [9.17, 15) is 13.2 Å². The number of rotatable bonds is 8. The summed E-state index contributed by atoms with van der Waals surface area (Å²) in [6, 6.07) is 12.0. The molecule has 0 atom stereocenters. The minimum atomic E-state index is -3.47. The van der Waals surface area contributed by atoms with Gasteiger partial charge in [-0.2, -0.15) is 4.31 Å². The molecule has 10 heteroatoms. The first-order valence-corrected chi connectivity index (χ1v) is 11.6.